The van der Waals surface area contributed by atoms with Crippen LogP contribution in [0.5, 0.6) is 11.5 Å². The summed E-state index contributed by atoms with van der Waals surface area (Å²) in [7, 11) is 1.57. The molecular weight excluding hydrogens is 297 g/mol. The zero-order chi connectivity index (χ0) is 16.5. The van der Waals surface area contributed by atoms with Crippen molar-refractivity contribution in [2.75, 3.05) is 20.3 Å². The van der Waals surface area contributed by atoms with E-state index in [1.54, 1.807) is 31.4 Å². The van der Waals surface area contributed by atoms with Gasteiger partial charge in [-0.15, -0.1) is 0 Å². The molecule has 4 nitrogen and oxygen atoms in total. The number of nitrogens with one attached hydrogen (secondary N) is 1. The molecule has 0 radical (unpaired) electrons. The predicted octanol–water partition coefficient (Wildman–Crippen LogP) is 2.96. The molecule has 0 heterocycles. The smallest absolute Gasteiger partial charge is 0.223 e. The van der Waals surface area contributed by atoms with Gasteiger partial charge in [-0.1, -0.05) is 24.3 Å². The molecule has 0 spiro atoms. The summed E-state index contributed by atoms with van der Waals surface area (Å²) < 4.78 is 23.5. The van der Waals surface area contributed by atoms with Crippen LogP contribution in [0.15, 0.2) is 48.5 Å². The van der Waals surface area contributed by atoms with Gasteiger partial charge in [0.2, 0.25) is 5.91 Å². The van der Waals surface area contributed by atoms with Gasteiger partial charge in [-0.3, -0.25) is 4.79 Å². The summed E-state index contributed by atoms with van der Waals surface area (Å²) in [4.78, 5) is 11.7. The third-order valence-corrected chi connectivity index (χ3v) is 3.30. The van der Waals surface area contributed by atoms with E-state index in [1.807, 2.05) is 12.1 Å². The summed E-state index contributed by atoms with van der Waals surface area (Å²) in [6.45, 7) is 0.794. The van der Waals surface area contributed by atoms with Crippen LogP contribution in [0, 0.1) is 5.82 Å². The van der Waals surface area contributed by atoms with Gasteiger partial charge in [-0.25, -0.2) is 4.39 Å². The van der Waals surface area contributed by atoms with Gasteiger partial charge in [-0.05, 0) is 36.2 Å². The van der Waals surface area contributed by atoms with Crippen molar-refractivity contribution in [3.8, 4) is 11.5 Å². The van der Waals surface area contributed by atoms with Crippen molar-refractivity contribution >= 4 is 5.91 Å². The third-order valence-electron chi connectivity index (χ3n) is 3.30. The molecule has 0 unspecified atom stereocenters. The van der Waals surface area contributed by atoms with Crippen molar-refractivity contribution in [2.45, 2.75) is 12.8 Å². The molecule has 2 rings (SSSR count). The highest BCUT2D eigenvalue weighted by Crippen LogP contribution is 2.25. The van der Waals surface area contributed by atoms with E-state index in [9.17, 15) is 9.18 Å². The van der Waals surface area contributed by atoms with Crippen LogP contribution in [-0.4, -0.2) is 26.2 Å². The summed E-state index contributed by atoms with van der Waals surface area (Å²) in [6.07, 6.45) is 0.931. The lowest BCUT2D eigenvalue weighted by atomic mass is 10.1. The van der Waals surface area contributed by atoms with E-state index in [-0.39, 0.29) is 24.8 Å². The number of benzene rings is 2. The second-order valence-corrected chi connectivity index (χ2v) is 4.98. The molecule has 0 fully saturated rings. The first kappa shape index (κ1) is 16.8. The Balaban J connectivity index is 1.66. The van der Waals surface area contributed by atoms with Crippen LogP contribution in [0.2, 0.25) is 0 Å². The number of carbonyl (C=O) groups is 1. The molecule has 1 amide bonds. The summed E-state index contributed by atoms with van der Waals surface area (Å²) in [5.41, 5.74) is 0.983. The zero-order valence-corrected chi connectivity index (χ0v) is 13.0. The fourth-order valence-corrected chi connectivity index (χ4v) is 2.08. The van der Waals surface area contributed by atoms with Crippen LogP contribution in [0.25, 0.3) is 0 Å². The molecule has 122 valence electrons. The predicted molar refractivity (Wildman–Crippen MR) is 86.2 cm³/mol. The zero-order valence-electron chi connectivity index (χ0n) is 13.0. The Kier molecular flexibility index (Phi) is 6.41. The largest absolute Gasteiger partial charge is 0.493 e. The molecule has 0 bridgehead atoms. The second kappa shape index (κ2) is 8.78. The maximum Gasteiger partial charge on any atom is 0.223 e. The monoisotopic (exact) mass is 317 g/mol. The van der Waals surface area contributed by atoms with Gasteiger partial charge in [0.25, 0.3) is 0 Å². The number of methoxy groups -OCH3 is 1. The van der Waals surface area contributed by atoms with Gasteiger partial charge in [0, 0.05) is 6.54 Å². The topological polar surface area (TPSA) is 47.6 Å². The number of hydrogen-bond donors (Lipinski definition) is 1. The van der Waals surface area contributed by atoms with Crippen LogP contribution in [0.4, 0.5) is 4.39 Å². The van der Waals surface area contributed by atoms with Gasteiger partial charge in [0.05, 0.1) is 20.1 Å². The highest BCUT2D eigenvalue weighted by Gasteiger charge is 2.05. The van der Waals surface area contributed by atoms with Crippen LogP contribution in [0.1, 0.15) is 12.0 Å². The van der Waals surface area contributed by atoms with Crippen molar-refractivity contribution in [1.29, 1.82) is 0 Å². The highest BCUT2D eigenvalue weighted by atomic mass is 19.1. The lowest BCUT2D eigenvalue weighted by Crippen LogP contribution is -2.27. The fourth-order valence-electron chi connectivity index (χ4n) is 2.08. The Morgan fingerprint density at radius 2 is 1.78 bits per heavy atom. The number of rotatable bonds is 8. The minimum Gasteiger partial charge on any atom is -0.493 e. The van der Waals surface area contributed by atoms with E-state index in [0.717, 1.165) is 5.56 Å². The first-order valence-corrected chi connectivity index (χ1v) is 7.46. The Morgan fingerprint density at radius 3 is 2.48 bits per heavy atom. The van der Waals surface area contributed by atoms with Gasteiger partial charge in [0.15, 0.2) is 11.5 Å². The molecule has 2 aromatic rings. The first-order valence-electron chi connectivity index (χ1n) is 7.46. The SMILES string of the molecule is COc1ccccc1OCCC(=O)NCCc1ccc(F)cc1. The van der Waals surface area contributed by atoms with Gasteiger partial charge in [-0.2, -0.15) is 0 Å². The summed E-state index contributed by atoms with van der Waals surface area (Å²) in [6, 6.07) is 13.6. The van der Waals surface area contributed by atoms with E-state index in [2.05, 4.69) is 5.32 Å². The number of para-hydroxylation sites is 2. The third kappa shape index (κ3) is 5.62. The van der Waals surface area contributed by atoms with E-state index in [1.165, 1.54) is 12.1 Å². The number of hydrogen-bond acceptors (Lipinski definition) is 3. The van der Waals surface area contributed by atoms with Gasteiger partial charge >= 0.3 is 0 Å². The van der Waals surface area contributed by atoms with E-state index in [4.69, 9.17) is 9.47 Å². The second-order valence-electron chi connectivity index (χ2n) is 4.98. The molecule has 0 saturated heterocycles. The Hall–Kier alpha value is -2.56. The summed E-state index contributed by atoms with van der Waals surface area (Å²) in [5.74, 6) is 0.923. The van der Waals surface area contributed by atoms with Crippen LogP contribution in [-0.2, 0) is 11.2 Å². The molecule has 0 aliphatic carbocycles. The van der Waals surface area contributed by atoms with Crippen molar-refractivity contribution < 1.29 is 18.7 Å². The van der Waals surface area contributed by atoms with Crippen molar-refractivity contribution in [3.05, 3.63) is 59.9 Å². The lowest BCUT2D eigenvalue weighted by Gasteiger charge is -2.10. The van der Waals surface area contributed by atoms with E-state index < -0.39 is 0 Å². The maximum absolute atomic E-state index is 12.8. The summed E-state index contributed by atoms with van der Waals surface area (Å²) in [5, 5.41) is 2.82. The fraction of sp³-hybridized carbons (Fsp3) is 0.278. The average molecular weight is 317 g/mol. The Labute approximate surface area is 135 Å². The maximum atomic E-state index is 12.8. The molecule has 0 aliphatic rings. The highest BCUT2D eigenvalue weighted by molar-refractivity contribution is 5.76. The molecular formula is C18H20FNO3. The molecule has 1 N–H and O–H groups in total. The number of halogens is 1. The van der Waals surface area contributed by atoms with Crippen LogP contribution < -0.4 is 14.8 Å². The molecule has 0 saturated carbocycles. The van der Waals surface area contributed by atoms with Crippen LogP contribution >= 0.6 is 0 Å². The van der Waals surface area contributed by atoms with E-state index >= 15 is 0 Å². The minimum atomic E-state index is -0.258. The minimum absolute atomic E-state index is 0.0815. The number of carbonyl (C=O) groups excluding carboxylic acids is 1. The van der Waals surface area contributed by atoms with Gasteiger partial charge in [0.1, 0.15) is 5.82 Å². The molecule has 23 heavy (non-hydrogen) atoms. The quantitative estimate of drug-likeness (QED) is 0.814. The van der Waals surface area contributed by atoms with Crippen molar-refractivity contribution in [1.82, 2.24) is 5.32 Å². The normalized spacial score (nSPS) is 10.2. The number of amides is 1. The van der Waals surface area contributed by atoms with Crippen LogP contribution in [0.3, 0.4) is 0 Å². The average Bonchev–Trinajstić information content (AvgIpc) is 2.57. The van der Waals surface area contributed by atoms with Crippen molar-refractivity contribution in [3.63, 3.8) is 0 Å². The Bertz CT molecular complexity index is 628. The molecule has 2 aromatic carbocycles. The number of ether oxygens (including phenoxy) is 2. The summed E-state index contributed by atoms with van der Waals surface area (Å²) >= 11 is 0. The van der Waals surface area contributed by atoms with Crippen molar-refractivity contribution in [2.24, 2.45) is 0 Å². The standard InChI is InChI=1S/C18H20FNO3/c1-22-16-4-2-3-5-17(16)23-13-11-18(21)20-12-10-14-6-8-15(19)9-7-14/h2-9H,10-13H2,1H3,(H,20,21). The molecule has 0 aromatic heterocycles. The Morgan fingerprint density at radius 1 is 1.09 bits per heavy atom. The molecule has 5 heteroatoms. The molecule has 0 atom stereocenters. The van der Waals surface area contributed by atoms with E-state index in [0.29, 0.717) is 24.5 Å². The molecule has 0 aliphatic heterocycles. The first-order chi connectivity index (χ1) is 11.2. The van der Waals surface area contributed by atoms with Gasteiger partial charge < -0.3 is 14.8 Å². The lowest BCUT2D eigenvalue weighted by molar-refractivity contribution is -0.121.